The topological polar surface area (TPSA) is 98.1 Å². The first-order valence-electron chi connectivity index (χ1n) is 11.3. The van der Waals surface area contributed by atoms with Crippen molar-refractivity contribution in [1.29, 1.82) is 0 Å². The summed E-state index contributed by atoms with van der Waals surface area (Å²) in [6.45, 7) is 7.36. The van der Waals surface area contributed by atoms with Gasteiger partial charge in [0.15, 0.2) is 0 Å². The minimum atomic E-state index is -0.0783. The summed E-state index contributed by atoms with van der Waals surface area (Å²) in [5.41, 5.74) is 3.60. The fourth-order valence-electron chi connectivity index (χ4n) is 4.26. The van der Waals surface area contributed by atoms with E-state index in [1.165, 1.54) is 11.3 Å². The molecular formula is C24H27N7O2S. The molecule has 1 aliphatic heterocycles. The maximum Gasteiger partial charge on any atom is 0.228 e. The van der Waals surface area contributed by atoms with Crippen LogP contribution in [-0.2, 0) is 4.79 Å². The highest BCUT2D eigenvalue weighted by Gasteiger charge is 2.27. The van der Waals surface area contributed by atoms with Crippen molar-refractivity contribution in [3.8, 4) is 10.9 Å². The van der Waals surface area contributed by atoms with Gasteiger partial charge in [-0.1, -0.05) is 11.3 Å². The SMILES string of the molecule is COc1ccc2nc(-n3nc(C)cc3NC(=O)C3CCN(c4nc(C)cc(C)n4)CC3)sc2c1. The van der Waals surface area contributed by atoms with E-state index in [0.29, 0.717) is 10.9 Å². The summed E-state index contributed by atoms with van der Waals surface area (Å²) < 4.78 is 8.03. The third-order valence-corrected chi connectivity index (χ3v) is 6.96. The molecule has 9 nitrogen and oxygen atoms in total. The van der Waals surface area contributed by atoms with E-state index in [1.807, 2.05) is 51.1 Å². The van der Waals surface area contributed by atoms with E-state index in [9.17, 15) is 4.79 Å². The molecule has 0 radical (unpaired) electrons. The number of hydrogen-bond donors (Lipinski definition) is 1. The van der Waals surface area contributed by atoms with Crippen LogP contribution in [0.15, 0.2) is 30.3 Å². The summed E-state index contributed by atoms with van der Waals surface area (Å²) in [6, 6.07) is 9.62. The van der Waals surface area contributed by atoms with Crippen LogP contribution in [0.5, 0.6) is 5.75 Å². The molecule has 0 saturated carbocycles. The Labute approximate surface area is 201 Å². The van der Waals surface area contributed by atoms with Crippen molar-refractivity contribution >= 4 is 39.2 Å². The molecule has 1 amide bonds. The maximum absolute atomic E-state index is 13.1. The van der Waals surface area contributed by atoms with Crippen LogP contribution in [0.25, 0.3) is 15.3 Å². The lowest BCUT2D eigenvalue weighted by molar-refractivity contribution is -0.120. The zero-order chi connectivity index (χ0) is 23.8. The number of ether oxygens (including phenoxy) is 1. The molecule has 34 heavy (non-hydrogen) atoms. The van der Waals surface area contributed by atoms with Gasteiger partial charge in [-0.3, -0.25) is 4.79 Å². The number of nitrogens with zero attached hydrogens (tertiary/aromatic N) is 6. The Bertz CT molecular complexity index is 1330. The number of piperidine rings is 1. The minimum absolute atomic E-state index is 0.00456. The molecule has 4 heterocycles. The molecule has 4 aromatic rings. The lowest BCUT2D eigenvalue weighted by Gasteiger charge is -2.31. The molecule has 10 heteroatoms. The van der Waals surface area contributed by atoms with Gasteiger partial charge in [-0.25, -0.2) is 15.0 Å². The van der Waals surface area contributed by atoms with E-state index in [2.05, 4.69) is 25.3 Å². The van der Waals surface area contributed by atoms with Gasteiger partial charge in [-0.05, 0) is 57.9 Å². The van der Waals surface area contributed by atoms with Gasteiger partial charge in [0, 0.05) is 36.5 Å². The lowest BCUT2D eigenvalue weighted by Crippen LogP contribution is -2.39. The number of carbonyl (C=O) groups is 1. The molecular weight excluding hydrogens is 450 g/mol. The van der Waals surface area contributed by atoms with Crippen LogP contribution in [0, 0.1) is 26.7 Å². The molecule has 1 aliphatic rings. The molecule has 176 valence electrons. The number of anilines is 2. The molecule has 1 aromatic carbocycles. The van der Waals surface area contributed by atoms with Crippen LogP contribution >= 0.6 is 11.3 Å². The zero-order valence-corrected chi connectivity index (χ0v) is 20.5. The first-order valence-corrected chi connectivity index (χ1v) is 12.1. The third kappa shape index (κ3) is 4.45. The normalized spacial score (nSPS) is 14.5. The summed E-state index contributed by atoms with van der Waals surface area (Å²) in [5.74, 6) is 2.09. The van der Waals surface area contributed by atoms with Crippen molar-refractivity contribution in [2.75, 3.05) is 30.4 Å². The second kappa shape index (κ2) is 9.02. The Balaban J connectivity index is 1.30. The fraction of sp³-hybridized carbons (Fsp3) is 0.375. The summed E-state index contributed by atoms with van der Waals surface area (Å²) in [7, 11) is 1.65. The van der Waals surface area contributed by atoms with Crippen LogP contribution < -0.4 is 15.0 Å². The van der Waals surface area contributed by atoms with Crippen LogP contribution in [-0.4, -0.2) is 50.8 Å². The van der Waals surface area contributed by atoms with E-state index >= 15 is 0 Å². The smallest absolute Gasteiger partial charge is 0.228 e. The van der Waals surface area contributed by atoms with E-state index < -0.39 is 0 Å². The Hall–Kier alpha value is -3.53. The van der Waals surface area contributed by atoms with Crippen LogP contribution in [0.4, 0.5) is 11.8 Å². The molecule has 0 bridgehead atoms. The quantitative estimate of drug-likeness (QED) is 0.463. The van der Waals surface area contributed by atoms with Crippen LogP contribution in [0.3, 0.4) is 0 Å². The van der Waals surface area contributed by atoms with Gasteiger partial charge in [0.25, 0.3) is 0 Å². The number of hydrogen-bond acceptors (Lipinski definition) is 8. The zero-order valence-electron chi connectivity index (χ0n) is 19.7. The van der Waals surface area contributed by atoms with E-state index in [4.69, 9.17) is 9.72 Å². The predicted molar refractivity (Wildman–Crippen MR) is 133 cm³/mol. The number of aromatic nitrogens is 5. The Morgan fingerprint density at radius 3 is 2.47 bits per heavy atom. The second-order valence-corrected chi connectivity index (χ2v) is 9.62. The van der Waals surface area contributed by atoms with Crippen molar-refractivity contribution in [3.05, 3.63) is 47.4 Å². The molecule has 3 aromatic heterocycles. The second-order valence-electron chi connectivity index (χ2n) is 8.61. The highest BCUT2D eigenvalue weighted by Crippen LogP contribution is 2.30. The van der Waals surface area contributed by atoms with Gasteiger partial charge < -0.3 is 15.0 Å². The van der Waals surface area contributed by atoms with Gasteiger partial charge >= 0.3 is 0 Å². The maximum atomic E-state index is 13.1. The number of amides is 1. The van der Waals surface area contributed by atoms with Crippen molar-refractivity contribution in [2.45, 2.75) is 33.6 Å². The number of nitrogens with one attached hydrogen (secondary N) is 1. The van der Waals surface area contributed by atoms with Gasteiger partial charge in [-0.2, -0.15) is 9.78 Å². The minimum Gasteiger partial charge on any atom is -0.497 e. The molecule has 5 rings (SSSR count). The Morgan fingerprint density at radius 1 is 1.03 bits per heavy atom. The molecule has 0 aliphatic carbocycles. The molecule has 1 N–H and O–H groups in total. The number of rotatable bonds is 5. The highest BCUT2D eigenvalue weighted by molar-refractivity contribution is 7.20. The van der Waals surface area contributed by atoms with Crippen molar-refractivity contribution in [3.63, 3.8) is 0 Å². The van der Waals surface area contributed by atoms with E-state index in [-0.39, 0.29) is 11.8 Å². The van der Waals surface area contributed by atoms with Crippen LogP contribution in [0.2, 0.25) is 0 Å². The van der Waals surface area contributed by atoms with Crippen molar-refractivity contribution in [1.82, 2.24) is 24.7 Å². The number of aryl methyl sites for hydroxylation is 3. The third-order valence-electron chi connectivity index (χ3n) is 5.97. The Kier molecular flexibility index (Phi) is 5.91. The first kappa shape index (κ1) is 22.3. The molecule has 1 fully saturated rings. The molecule has 0 spiro atoms. The van der Waals surface area contributed by atoms with Crippen LogP contribution in [0.1, 0.15) is 29.9 Å². The van der Waals surface area contributed by atoms with E-state index in [1.54, 1.807) is 11.8 Å². The van der Waals surface area contributed by atoms with Gasteiger partial charge in [0.2, 0.25) is 17.0 Å². The summed E-state index contributed by atoms with van der Waals surface area (Å²) in [4.78, 5) is 29.1. The lowest BCUT2D eigenvalue weighted by atomic mass is 9.96. The highest BCUT2D eigenvalue weighted by atomic mass is 32.1. The standard InChI is InChI=1S/C24H27N7O2S/c1-14-11-15(2)26-23(25-14)30-9-7-17(8-10-30)22(32)28-21-12-16(3)29-31(21)24-27-19-6-5-18(33-4)13-20(19)34-24/h5-6,11-13,17H,7-10H2,1-4H3,(H,28,32). The number of fused-ring (bicyclic) bond motifs is 1. The van der Waals surface area contributed by atoms with Gasteiger partial charge in [-0.15, -0.1) is 0 Å². The van der Waals surface area contributed by atoms with Gasteiger partial charge in [0.1, 0.15) is 11.6 Å². The van der Waals surface area contributed by atoms with Gasteiger partial charge in [0.05, 0.1) is 23.0 Å². The number of carbonyl (C=O) groups excluding carboxylic acids is 1. The summed E-state index contributed by atoms with van der Waals surface area (Å²) in [5, 5.41) is 8.37. The average Bonchev–Trinajstić information content (AvgIpc) is 3.40. The number of methoxy groups -OCH3 is 1. The number of thiazole rings is 1. The molecule has 1 saturated heterocycles. The Morgan fingerprint density at radius 2 is 1.76 bits per heavy atom. The molecule has 0 atom stereocenters. The van der Waals surface area contributed by atoms with Crippen molar-refractivity contribution in [2.24, 2.45) is 5.92 Å². The fourth-order valence-corrected chi connectivity index (χ4v) is 5.22. The largest absolute Gasteiger partial charge is 0.497 e. The van der Waals surface area contributed by atoms with Crippen molar-refractivity contribution < 1.29 is 9.53 Å². The molecule has 0 unspecified atom stereocenters. The summed E-state index contributed by atoms with van der Waals surface area (Å²) in [6.07, 6.45) is 1.49. The first-order chi connectivity index (χ1) is 16.4. The predicted octanol–water partition coefficient (Wildman–Crippen LogP) is 4.06. The monoisotopic (exact) mass is 477 g/mol. The summed E-state index contributed by atoms with van der Waals surface area (Å²) >= 11 is 1.51. The average molecular weight is 478 g/mol. The van der Waals surface area contributed by atoms with E-state index in [0.717, 1.165) is 64.9 Å². The number of benzene rings is 1.